The molecule has 0 radical (unpaired) electrons. The second-order valence-electron chi connectivity index (χ2n) is 3.72. The summed E-state index contributed by atoms with van der Waals surface area (Å²) in [4.78, 5) is 13.4. The Morgan fingerprint density at radius 1 is 1.29 bits per heavy atom. The molecule has 1 amide bonds. The van der Waals surface area contributed by atoms with Gasteiger partial charge in [-0.2, -0.15) is 0 Å². The normalized spacial score (nSPS) is 10.1. The number of nitrogens with zero attached hydrogens (tertiary/aromatic N) is 1. The lowest BCUT2D eigenvalue weighted by Gasteiger charge is -2.21. The third-order valence-electron chi connectivity index (χ3n) is 2.42. The Morgan fingerprint density at radius 2 is 1.94 bits per heavy atom. The number of ether oxygens (including phenoxy) is 1. The molecule has 94 valence electrons. The summed E-state index contributed by atoms with van der Waals surface area (Å²) in [5, 5.41) is 0. The lowest BCUT2D eigenvalue weighted by molar-refractivity contribution is 0.159. The Hall–Kier alpha value is -1.55. The number of rotatable bonds is 5. The van der Waals surface area contributed by atoms with Gasteiger partial charge < -0.3 is 10.5 Å². The highest BCUT2D eigenvalue weighted by molar-refractivity contribution is 5.87. The molecule has 0 bridgehead atoms. The van der Waals surface area contributed by atoms with E-state index in [1.54, 1.807) is 11.8 Å². The Bertz CT molecular complexity index is 349. The monoisotopic (exact) mass is 236 g/mol. The molecule has 1 aromatic rings. The molecular formula is C13H20N2O2. The van der Waals surface area contributed by atoms with E-state index in [4.69, 9.17) is 10.5 Å². The van der Waals surface area contributed by atoms with Gasteiger partial charge in [-0.1, -0.05) is 19.1 Å². The highest BCUT2D eigenvalue weighted by Crippen LogP contribution is 2.16. The minimum Gasteiger partial charge on any atom is -0.449 e. The number of benzene rings is 1. The van der Waals surface area contributed by atoms with E-state index < -0.39 is 0 Å². The summed E-state index contributed by atoms with van der Waals surface area (Å²) < 4.78 is 5.03. The van der Waals surface area contributed by atoms with Crippen LogP contribution in [0.2, 0.25) is 0 Å². The molecule has 2 N–H and O–H groups in total. The minimum atomic E-state index is -0.296. The quantitative estimate of drug-likeness (QED) is 0.854. The third kappa shape index (κ3) is 3.75. The van der Waals surface area contributed by atoms with E-state index >= 15 is 0 Å². The lowest BCUT2D eigenvalue weighted by atomic mass is 10.2. The number of carbonyl (C=O) groups is 1. The zero-order chi connectivity index (χ0) is 12.7. The van der Waals surface area contributed by atoms with Gasteiger partial charge in [0.2, 0.25) is 0 Å². The van der Waals surface area contributed by atoms with Crippen LogP contribution in [0.15, 0.2) is 24.3 Å². The van der Waals surface area contributed by atoms with E-state index in [0.29, 0.717) is 19.7 Å². The van der Waals surface area contributed by atoms with Crippen LogP contribution < -0.4 is 10.6 Å². The van der Waals surface area contributed by atoms with E-state index in [1.165, 1.54) is 0 Å². The van der Waals surface area contributed by atoms with E-state index in [1.807, 2.05) is 31.2 Å². The number of hydrogen-bond donors (Lipinski definition) is 1. The molecular weight excluding hydrogens is 216 g/mol. The summed E-state index contributed by atoms with van der Waals surface area (Å²) >= 11 is 0. The molecule has 0 fully saturated rings. The van der Waals surface area contributed by atoms with Crippen LogP contribution in [0.3, 0.4) is 0 Å². The molecule has 0 saturated heterocycles. The molecule has 4 nitrogen and oxygen atoms in total. The summed E-state index contributed by atoms with van der Waals surface area (Å²) in [5.41, 5.74) is 7.44. The van der Waals surface area contributed by atoms with E-state index in [0.717, 1.165) is 17.7 Å². The maximum Gasteiger partial charge on any atom is 0.414 e. The van der Waals surface area contributed by atoms with Gasteiger partial charge in [0.25, 0.3) is 0 Å². The number of anilines is 1. The van der Waals surface area contributed by atoms with Gasteiger partial charge in [0.15, 0.2) is 0 Å². The molecule has 0 aliphatic rings. The van der Waals surface area contributed by atoms with Gasteiger partial charge in [-0.15, -0.1) is 0 Å². The Labute approximate surface area is 102 Å². The van der Waals surface area contributed by atoms with Gasteiger partial charge in [-0.05, 0) is 31.0 Å². The maximum atomic E-state index is 11.8. The highest BCUT2D eigenvalue weighted by atomic mass is 16.6. The van der Waals surface area contributed by atoms with Crippen LogP contribution in [-0.4, -0.2) is 19.2 Å². The third-order valence-corrected chi connectivity index (χ3v) is 2.42. The molecule has 0 unspecified atom stereocenters. The van der Waals surface area contributed by atoms with Crippen LogP contribution in [-0.2, 0) is 11.3 Å². The molecule has 1 rings (SSSR count). The average Bonchev–Trinajstić information content (AvgIpc) is 2.36. The van der Waals surface area contributed by atoms with Gasteiger partial charge in [0.05, 0.1) is 6.61 Å². The van der Waals surface area contributed by atoms with Crippen molar-refractivity contribution >= 4 is 11.8 Å². The zero-order valence-corrected chi connectivity index (χ0v) is 10.5. The van der Waals surface area contributed by atoms with Crippen molar-refractivity contribution < 1.29 is 9.53 Å². The Morgan fingerprint density at radius 3 is 2.41 bits per heavy atom. The van der Waals surface area contributed by atoms with Gasteiger partial charge in [0.1, 0.15) is 0 Å². The second kappa shape index (κ2) is 6.91. The van der Waals surface area contributed by atoms with E-state index in [2.05, 4.69) is 0 Å². The molecule has 0 saturated carbocycles. The van der Waals surface area contributed by atoms with Crippen LogP contribution in [0.4, 0.5) is 10.5 Å². The van der Waals surface area contributed by atoms with Crippen LogP contribution in [0.25, 0.3) is 0 Å². The number of hydrogen-bond acceptors (Lipinski definition) is 3. The SMILES string of the molecule is CCCN(C(=O)OCC)c1ccc(CN)cc1. The second-order valence-corrected chi connectivity index (χ2v) is 3.72. The first-order valence-corrected chi connectivity index (χ1v) is 5.96. The first-order chi connectivity index (χ1) is 8.22. The first kappa shape index (κ1) is 13.5. The summed E-state index contributed by atoms with van der Waals surface area (Å²) in [5.74, 6) is 0. The molecule has 4 heteroatoms. The van der Waals surface area contributed by atoms with E-state index in [-0.39, 0.29) is 6.09 Å². The average molecular weight is 236 g/mol. The van der Waals surface area contributed by atoms with Crippen LogP contribution in [0.5, 0.6) is 0 Å². The lowest BCUT2D eigenvalue weighted by Crippen LogP contribution is -2.32. The van der Waals surface area contributed by atoms with Gasteiger partial charge in [0, 0.05) is 18.8 Å². The van der Waals surface area contributed by atoms with Gasteiger partial charge in [-0.25, -0.2) is 4.79 Å². The van der Waals surface area contributed by atoms with Crippen LogP contribution >= 0.6 is 0 Å². The molecule has 0 aliphatic carbocycles. The fourth-order valence-corrected chi connectivity index (χ4v) is 1.56. The summed E-state index contributed by atoms with van der Waals surface area (Å²) in [6.07, 6.45) is 0.590. The number of carbonyl (C=O) groups excluding carboxylic acids is 1. The number of amides is 1. The predicted molar refractivity (Wildman–Crippen MR) is 69.0 cm³/mol. The molecule has 0 aliphatic heterocycles. The molecule has 17 heavy (non-hydrogen) atoms. The zero-order valence-electron chi connectivity index (χ0n) is 10.5. The van der Waals surface area contributed by atoms with Crippen molar-refractivity contribution in [2.45, 2.75) is 26.8 Å². The molecule has 1 aromatic carbocycles. The van der Waals surface area contributed by atoms with Gasteiger partial charge >= 0.3 is 6.09 Å². The molecule has 0 spiro atoms. The Balaban J connectivity index is 2.84. The van der Waals surface area contributed by atoms with Crippen LogP contribution in [0.1, 0.15) is 25.8 Å². The highest BCUT2D eigenvalue weighted by Gasteiger charge is 2.15. The van der Waals surface area contributed by atoms with Crippen molar-refractivity contribution in [1.29, 1.82) is 0 Å². The molecule has 0 aromatic heterocycles. The summed E-state index contributed by atoms with van der Waals surface area (Å²) in [6, 6.07) is 7.65. The largest absolute Gasteiger partial charge is 0.449 e. The molecule has 0 heterocycles. The Kier molecular flexibility index (Phi) is 5.49. The standard InChI is InChI=1S/C13H20N2O2/c1-3-9-15(13(16)17-4-2)12-7-5-11(10-14)6-8-12/h5-8H,3-4,9-10,14H2,1-2H3. The van der Waals surface area contributed by atoms with Crippen LogP contribution in [0, 0.1) is 0 Å². The van der Waals surface area contributed by atoms with Crippen molar-refractivity contribution in [2.24, 2.45) is 5.73 Å². The van der Waals surface area contributed by atoms with Crippen molar-refractivity contribution in [3.05, 3.63) is 29.8 Å². The maximum absolute atomic E-state index is 11.8. The first-order valence-electron chi connectivity index (χ1n) is 5.96. The van der Waals surface area contributed by atoms with Gasteiger partial charge in [-0.3, -0.25) is 4.90 Å². The fourth-order valence-electron chi connectivity index (χ4n) is 1.56. The number of nitrogens with two attached hydrogens (primary N) is 1. The fraction of sp³-hybridized carbons (Fsp3) is 0.462. The van der Waals surface area contributed by atoms with Crippen molar-refractivity contribution in [1.82, 2.24) is 0 Å². The van der Waals surface area contributed by atoms with E-state index in [9.17, 15) is 4.79 Å². The minimum absolute atomic E-state index is 0.296. The molecule has 0 atom stereocenters. The predicted octanol–water partition coefficient (Wildman–Crippen LogP) is 2.52. The smallest absolute Gasteiger partial charge is 0.414 e. The topological polar surface area (TPSA) is 55.6 Å². The summed E-state index contributed by atoms with van der Waals surface area (Å²) in [6.45, 7) is 5.38. The summed E-state index contributed by atoms with van der Waals surface area (Å²) in [7, 11) is 0. The van der Waals surface area contributed by atoms with Crippen molar-refractivity contribution in [3.8, 4) is 0 Å². The van der Waals surface area contributed by atoms with Crippen molar-refractivity contribution in [2.75, 3.05) is 18.1 Å². The van der Waals surface area contributed by atoms with Crippen molar-refractivity contribution in [3.63, 3.8) is 0 Å².